The van der Waals surface area contributed by atoms with Crippen molar-refractivity contribution >= 4 is 28.4 Å². The van der Waals surface area contributed by atoms with Gasteiger partial charge in [-0.1, -0.05) is 6.92 Å². The number of anilines is 2. The summed E-state index contributed by atoms with van der Waals surface area (Å²) in [6, 6.07) is 9.14. The fourth-order valence-electron chi connectivity index (χ4n) is 1.86. The molecular formula is C14H17N3O2S. The van der Waals surface area contributed by atoms with E-state index < -0.39 is 0 Å². The minimum Gasteiger partial charge on any atom is -0.388 e. The molecule has 0 aliphatic carbocycles. The highest BCUT2D eigenvalue weighted by Crippen LogP contribution is 2.25. The zero-order valence-electron chi connectivity index (χ0n) is 11.5. The first-order valence-electron chi connectivity index (χ1n) is 6.41. The number of nitro benzene ring substituents is 1. The first-order valence-corrected chi connectivity index (χ1v) is 7.22. The van der Waals surface area contributed by atoms with E-state index in [1.165, 1.54) is 15.8 Å². The third-order valence-corrected chi connectivity index (χ3v) is 4.18. The van der Waals surface area contributed by atoms with Crippen molar-refractivity contribution in [3.63, 3.8) is 0 Å². The molecule has 106 valence electrons. The van der Waals surface area contributed by atoms with Gasteiger partial charge in [-0.25, -0.2) is 0 Å². The molecule has 2 aromatic rings. The van der Waals surface area contributed by atoms with E-state index in [1.54, 1.807) is 24.5 Å². The lowest BCUT2D eigenvalue weighted by Crippen LogP contribution is -2.00. The Balaban J connectivity index is 2.12. The maximum absolute atomic E-state index is 10.9. The molecule has 0 aliphatic heterocycles. The van der Waals surface area contributed by atoms with Gasteiger partial charge in [0.2, 0.25) is 0 Å². The van der Waals surface area contributed by atoms with Gasteiger partial charge in [-0.05, 0) is 24.6 Å². The smallest absolute Gasteiger partial charge is 0.273 e. The number of benzene rings is 1. The SMILES string of the molecule is CCc1ccc(CNc2cc(NC)cc([N+](=O)[O-])c2)s1. The third kappa shape index (κ3) is 3.48. The van der Waals surface area contributed by atoms with Crippen molar-refractivity contribution in [2.45, 2.75) is 19.9 Å². The standard InChI is InChI=1S/C14H17N3O2S/c1-3-13-4-5-14(20-13)9-16-11-6-10(15-2)7-12(8-11)17(18)19/h4-8,15-16H,3,9H2,1-2H3. The van der Waals surface area contributed by atoms with Crippen LogP contribution >= 0.6 is 11.3 Å². The Morgan fingerprint density at radius 2 is 1.90 bits per heavy atom. The van der Waals surface area contributed by atoms with Gasteiger partial charge >= 0.3 is 0 Å². The molecule has 1 heterocycles. The lowest BCUT2D eigenvalue weighted by Gasteiger charge is -2.07. The van der Waals surface area contributed by atoms with E-state index in [9.17, 15) is 10.1 Å². The summed E-state index contributed by atoms with van der Waals surface area (Å²) < 4.78 is 0. The molecule has 1 aromatic heterocycles. The van der Waals surface area contributed by atoms with Crippen LogP contribution in [0.5, 0.6) is 0 Å². The van der Waals surface area contributed by atoms with Crippen LogP contribution in [0, 0.1) is 10.1 Å². The van der Waals surface area contributed by atoms with Crippen LogP contribution in [-0.2, 0) is 13.0 Å². The largest absolute Gasteiger partial charge is 0.388 e. The van der Waals surface area contributed by atoms with Gasteiger partial charge < -0.3 is 10.6 Å². The first kappa shape index (κ1) is 14.3. The number of rotatable bonds is 6. The third-order valence-electron chi connectivity index (χ3n) is 2.95. The molecule has 2 rings (SSSR count). The highest BCUT2D eigenvalue weighted by Gasteiger charge is 2.09. The van der Waals surface area contributed by atoms with Crippen LogP contribution in [0.4, 0.5) is 17.1 Å². The average Bonchev–Trinajstić information content (AvgIpc) is 2.92. The van der Waals surface area contributed by atoms with Crippen molar-refractivity contribution in [1.29, 1.82) is 0 Å². The van der Waals surface area contributed by atoms with Gasteiger partial charge in [0.15, 0.2) is 0 Å². The van der Waals surface area contributed by atoms with Gasteiger partial charge in [0.1, 0.15) is 0 Å². The molecule has 0 saturated carbocycles. The first-order chi connectivity index (χ1) is 9.62. The average molecular weight is 291 g/mol. The molecule has 0 spiro atoms. The van der Waals surface area contributed by atoms with E-state index in [0.29, 0.717) is 6.54 Å². The molecule has 20 heavy (non-hydrogen) atoms. The van der Waals surface area contributed by atoms with Crippen LogP contribution in [-0.4, -0.2) is 12.0 Å². The summed E-state index contributed by atoms with van der Waals surface area (Å²) in [7, 11) is 1.75. The van der Waals surface area contributed by atoms with E-state index in [4.69, 9.17) is 0 Å². The number of non-ortho nitro benzene ring substituents is 1. The quantitative estimate of drug-likeness (QED) is 0.626. The lowest BCUT2D eigenvalue weighted by molar-refractivity contribution is -0.384. The maximum Gasteiger partial charge on any atom is 0.273 e. The lowest BCUT2D eigenvalue weighted by atomic mass is 10.2. The molecular weight excluding hydrogens is 274 g/mol. The number of hydrogen-bond acceptors (Lipinski definition) is 5. The van der Waals surface area contributed by atoms with Crippen molar-refractivity contribution in [1.82, 2.24) is 0 Å². The van der Waals surface area contributed by atoms with Gasteiger partial charge in [-0.15, -0.1) is 11.3 Å². The number of thiophene rings is 1. The normalized spacial score (nSPS) is 10.3. The van der Waals surface area contributed by atoms with Crippen LogP contribution in [0.2, 0.25) is 0 Å². The summed E-state index contributed by atoms with van der Waals surface area (Å²) >= 11 is 1.76. The molecule has 0 saturated heterocycles. The monoisotopic (exact) mass is 291 g/mol. The van der Waals surface area contributed by atoms with E-state index >= 15 is 0 Å². The zero-order valence-corrected chi connectivity index (χ0v) is 12.3. The Kier molecular flexibility index (Phi) is 4.57. The molecule has 0 unspecified atom stereocenters. The van der Waals surface area contributed by atoms with Gasteiger partial charge in [-0.2, -0.15) is 0 Å². The van der Waals surface area contributed by atoms with E-state index in [2.05, 4.69) is 29.7 Å². The minimum absolute atomic E-state index is 0.0831. The molecule has 0 amide bonds. The summed E-state index contributed by atoms with van der Waals surface area (Å²) in [4.78, 5) is 13.1. The fraction of sp³-hybridized carbons (Fsp3) is 0.286. The van der Waals surface area contributed by atoms with E-state index in [0.717, 1.165) is 17.8 Å². The highest BCUT2D eigenvalue weighted by atomic mass is 32.1. The maximum atomic E-state index is 10.9. The molecule has 2 N–H and O–H groups in total. The Morgan fingerprint density at radius 3 is 2.50 bits per heavy atom. The molecule has 0 atom stereocenters. The second-order valence-corrected chi connectivity index (χ2v) is 5.60. The van der Waals surface area contributed by atoms with Gasteiger partial charge in [0.05, 0.1) is 4.92 Å². The number of nitro groups is 1. The van der Waals surface area contributed by atoms with Crippen molar-refractivity contribution in [2.24, 2.45) is 0 Å². The number of aryl methyl sites for hydroxylation is 1. The Morgan fingerprint density at radius 1 is 1.20 bits per heavy atom. The van der Waals surface area contributed by atoms with Crippen molar-refractivity contribution in [2.75, 3.05) is 17.7 Å². The summed E-state index contributed by atoms with van der Waals surface area (Å²) in [6.07, 6.45) is 1.03. The second-order valence-electron chi connectivity index (χ2n) is 4.35. The van der Waals surface area contributed by atoms with Crippen LogP contribution in [0.15, 0.2) is 30.3 Å². The van der Waals surface area contributed by atoms with E-state index in [-0.39, 0.29) is 10.6 Å². The minimum atomic E-state index is -0.383. The predicted octanol–water partition coefficient (Wildman–Crippen LogP) is 3.87. The molecule has 0 radical (unpaired) electrons. The van der Waals surface area contributed by atoms with Crippen LogP contribution in [0.1, 0.15) is 16.7 Å². The summed E-state index contributed by atoms with van der Waals surface area (Å²) in [5.74, 6) is 0. The molecule has 6 heteroatoms. The molecule has 0 fully saturated rings. The molecule has 0 aliphatic rings. The fourth-order valence-corrected chi connectivity index (χ4v) is 2.76. The Bertz CT molecular complexity index is 610. The van der Waals surface area contributed by atoms with Gasteiger partial charge in [0.25, 0.3) is 5.69 Å². The van der Waals surface area contributed by atoms with Gasteiger partial charge in [-0.3, -0.25) is 10.1 Å². The van der Waals surface area contributed by atoms with Crippen molar-refractivity contribution < 1.29 is 4.92 Å². The Hall–Kier alpha value is -2.08. The summed E-state index contributed by atoms with van der Waals surface area (Å²) in [5, 5.41) is 17.1. The van der Waals surface area contributed by atoms with Crippen molar-refractivity contribution in [3.05, 3.63) is 50.2 Å². The Labute approximate surface area is 121 Å². The van der Waals surface area contributed by atoms with Crippen molar-refractivity contribution in [3.8, 4) is 0 Å². The molecule has 0 bridgehead atoms. The molecule has 5 nitrogen and oxygen atoms in total. The zero-order chi connectivity index (χ0) is 14.5. The van der Waals surface area contributed by atoms with Gasteiger partial charge in [0, 0.05) is 46.9 Å². The van der Waals surface area contributed by atoms with Crippen LogP contribution < -0.4 is 10.6 Å². The number of nitrogens with zero attached hydrogens (tertiary/aromatic N) is 1. The molecule has 1 aromatic carbocycles. The second kappa shape index (κ2) is 6.38. The summed E-state index contributed by atoms with van der Waals surface area (Å²) in [6.45, 7) is 2.80. The van der Waals surface area contributed by atoms with Crippen LogP contribution in [0.25, 0.3) is 0 Å². The number of nitrogens with one attached hydrogen (secondary N) is 2. The number of hydrogen-bond donors (Lipinski definition) is 2. The highest BCUT2D eigenvalue weighted by molar-refractivity contribution is 7.12. The van der Waals surface area contributed by atoms with E-state index in [1.807, 2.05) is 6.07 Å². The topological polar surface area (TPSA) is 67.2 Å². The predicted molar refractivity (Wildman–Crippen MR) is 83.7 cm³/mol. The summed E-state index contributed by atoms with van der Waals surface area (Å²) in [5.41, 5.74) is 1.55. The van der Waals surface area contributed by atoms with Crippen LogP contribution in [0.3, 0.4) is 0 Å².